The maximum Gasteiger partial charge on any atom is 0.339 e. The summed E-state index contributed by atoms with van der Waals surface area (Å²) in [5.41, 5.74) is 10.2. The van der Waals surface area contributed by atoms with Gasteiger partial charge in [-0.1, -0.05) is 24.3 Å². The molecule has 0 saturated heterocycles. The van der Waals surface area contributed by atoms with Crippen molar-refractivity contribution in [3.8, 4) is 16.9 Å². The molecule has 0 aliphatic carbocycles. The highest BCUT2D eigenvalue weighted by Gasteiger charge is 2.35. The van der Waals surface area contributed by atoms with Gasteiger partial charge in [-0.15, -0.1) is 0 Å². The van der Waals surface area contributed by atoms with Gasteiger partial charge in [-0.3, -0.25) is 9.78 Å². The average Bonchev–Trinajstić information content (AvgIpc) is 2.87. The number of pyridine rings is 1. The van der Waals surface area contributed by atoms with E-state index >= 15 is 0 Å². The molecule has 5 rings (SSSR count). The third-order valence-electron chi connectivity index (χ3n) is 6.83. The fourth-order valence-electron chi connectivity index (χ4n) is 5.42. The van der Waals surface area contributed by atoms with Gasteiger partial charge in [0.2, 0.25) is 5.91 Å². The molecule has 0 fully saturated rings. The molecule has 1 aliphatic heterocycles. The second-order valence-corrected chi connectivity index (χ2v) is 10.5. The van der Waals surface area contributed by atoms with Crippen LogP contribution in [0.1, 0.15) is 60.8 Å². The van der Waals surface area contributed by atoms with Crippen molar-refractivity contribution < 1.29 is 23.8 Å². The Morgan fingerprint density at radius 1 is 1.11 bits per heavy atom. The van der Waals surface area contributed by atoms with Crippen LogP contribution in [0.2, 0.25) is 0 Å². The molecule has 1 aliphatic rings. The number of hydrogen-bond acceptors (Lipinski definition) is 6. The van der Waals surface area contributed by atoms with Gasteiger partial charge in [0.15, 0.2) is 6.10 Å². The summed E-state index contributed by atoms with van der Waals surface area (Å²) in [6.45, 7) is 10.0. The van der Waals surface area contributed by atoms with Gasteiger partial charge < -0.3 is 19.9 Å². The third-order valence-corrected chi connectivity index (χ3v) is 6.83. The van der Waals surface area contributed by atoms with Crippen molar-refractivity contribution >= 4 is 33.6 Å². The van der Waals surface area contributed by atoms with Crippen LogP contribution in [0.25, 0.3) is 32.8 Å². The van der Waals surface area contributed by atoms with Crippen LogP contribution in [0.4, 0.5) is 0 Å². The zero-order chi connectivity index (χ0) is 27.2. The first-order chi connectivity index (χ1) is 18.1. The van der Waals surface area contributed by atoms with Gasteiger partial charge in [0.1, 0.15) is 5.75 Å². The topological polar surface area (TPSA) is 101 Å². The van der Waals surface area contributed by atoms with Crippen LogP contribution in [0.5, 0.6) is 5.75 Å². The highest BCUT2D eigenvalue weighted by atomic mass is 16.6. The molecule has 0 bridgehead atoms. The van der Waals surface area contributed by atoms with Gasteiger partial charge in [-0.05, 0) is 80.3 Å². The number of ether oxygens (including phenoxy) is 3. The van der Waals surface area contributed by atoms with E-state index in [-0.39, 0.29) is 6.61 Å². The third kappa shape index (κ3) is 4.37. The minimum Gasteiger partial charge on any atom is -0.493 e. The quantitative estimate of drug-likeness (QED) is 0.327. The predicted octanol–water partition coefficient (Wildman–Crippen LogP) is 5.82. The molecule has 38 heavy (non-hydrogen) atoms. The molecule has 7 heteroatoms. The molecule has 7 nitrogen and oxygen atoms in total. The van der Waals surface area contributed by atoms with E-state index in [0.29, 0.717) is 28.7 Å². The summed E-state index contributed by atoms with van der Waals surface area (Å²) < 4.78 is 17.8. The number of esters is 1. The summed E-state index contributed by atoms with van der Waals surface area (Å²) in [6.07, 6.45) is 1.48. The molecule has 2 heterocycles. The Morgan fingerprint density at radius 2 is 1.84 bits per heavy atom. The number of nitrogens with two attached hydrogens (primary N) is 1. The molecule has 4 aromatic rings. The van der Waals surface area contributed by atoms with E-state index in [2.05, 4.69) is 0 Å². The van der Waals surface area contributed by atoms with Crippen molar-refractivity contribution in [1.29, 1.82) is 0 Å². The van der Waals surface area contributed by atoms with Gasteiger partial charge in [-0.25, -0.2) is 4.79 Å². The van der Waals surface area contributed by atoms with Crippen LogP contribution in [-0.2, 0) is 20.7 Å². The lowest BCUT2D eigenvalue weighted by Crippen LogP contribution is -2.30. The summed E-state index contributed by atoms with van der Waals surface area (Å²) in [5.74, 6) is -0.327. The number of carbonyl (C=O) groups excluding carboxylic acids is 2. The Bertz CT molecular complexity index is 1580. The fraction of sp³-hybridized carbons (Fsp3) is 0.323. The number of fused-ring (bicyclic) bond motifs is 1. The maximum atomic E-state index is 13.5. The lowest BCUT2D eigenvalue weighted by Gasteiger charge is -2.30. The molecule has 1 aromatic heterocycles. The molecule has 2 N–H and O–H groups in total. The number of hydrogen-bond donors (Lipinski definition) is 1. The molecule has 1 atom stereocenters. The van der Waals surface area contributed by atoms with E-state index in [0.717, 1.165) is 45.1 Å². The Hall–Kier alpha value is -3.97. The average molecular weight is 513 g/mol. The first kappa shape index (κ1) is 25.7. The molecular weight excluding hydrogens is 480 g/mol. The van der Waals surface area contributed by atoms with Crippen molar-refractivity contribution in [2.45, 2.75) is 52.7 Å². The molecular formula is C31H32N2O5. The Balaban J connectivity index is 1.96. The van der Waals surface area contributed by atoms with Gasteiger partial charge in [-0.2, -0.15) is 0 Å². The van der Waals surface area contributed by atoms with E-state index in [4.69, 9.17) is 24.9 Å². The summed E-state index contributed by atoms with van der Waals surface area (Å²) in [6, 6.07) is 13.5. The minimum atomic E-state index is -1.10. The zero-order valence-corrected chi connectivity index (χ0v) is 22.4. The van der Waals surface area contributed by atoms with Gasteiger partial charge in [0.05, 0.1) is 29.9 Å². The number of nitrogens with zero attached hydrogens (tertiary/aromatic N) is 1. The molecule has 196 valence electrons. The Labute approximate surface area is 221 Å². The van der Waals surface area contributed by atoms with Crippen LogP contribution in [0.15, 0.2) is 48.7 Å². The number of amides is 1. The summed E-state index contributed by atoms with van der Waals surface area (Å²) in [4.78, 5) is 31.1. The van der Waals surface area contributed by atoms with Crippen molar-refractivity contribution in [3.05, 3.63) is 70.9 Å². The van der Waals surface area contributed by atoms with Crippen LogP contribution in [0, 0.1) is 6.92 Å². The van der Waals surface area contributed by atoms with Crippen molar-refractivity contribution in [3.63, 3.8) is 0 Å². The first-order valence-corrected chi connectivity index (χ1v) is 12.9. The van der Waals surface area contributed by atoms with Gasteiger partial charge in [0.25, 0.3) is 0 Å². The zero-order valence-electron chi connectivity index (χ0n) is 22.4. The number of primary amides is 1. The van der Waals surface area contributed by atoms with Crippen LogP contribution in [0.3, 0.4) is 0 Å². The lowest BCUT2D eigenvalue weighted by molar-refractivity contribution is -0.166. The summed E-state index contributed by atoms with van der Waals surface area (Å²) in [7, 11) is 0. The maximum absolute atomic E-state index is 13.5. The van der Waals surface area contributed by atoms with Crippen LogP contribution in [-0.4, -0.2) is 35.7 Å². The Morgan fingerprint density at radius 3 is 2.53 bits per heavy atom. The lowest BCUT2D eigenvalue weighted by atomic mass is 9.82. The minimum absolute atomic E-state index is 0.188. The van der Waals surface area contributed by atoms with E-state index in [9.17, 15) is 9.59 Å². The van der Waals surface area contributed by atoms with Crippen molar-refractivity contribution in [2.75, 3.05) is 13.2 Å². The second kappa shape index (κ2) is 9.72. The summed E-state index contributed by atoms with van der Waals surface area (Å²) in [5, 5.41) is 2.42. The number of rotatable bonds is 6. The van der Waals surface area contributed by atoms with Crippen LogP contribution >= 0.6 is 0 Å². The van der Waals surface area contributed by atoms with E-state index < -0.39 is 23.6 Å². The molecule has 0 saturated carbocycles. The molecule has 1 unspecified atom stereocenters. The fourth-order valence-corrected chi connectivity index (χ4v) is 5.42. The van der Waals surface area contributed by atoms with E-state index in [1.54, 1.807) is 13.1 Å². The Kier molecular flexibility index (Phi) is 6.57. The second-order valence-electron chi connectivity index (χ2n) is 10.5. The normalized spacial score (nSPS) is 13.8. The number of benzene rings is 3. The summed E-state index contributed by atoms with van der Waals surface area (Å²) >= 11 is 0. The van der Waals surface area contributed by atoms with Gasteiger partial charge in [0, 0.05) is 29.1 Å². The van der Waals surface area contributed by atoms with Gasteiger partial charge >= 0.3 is 5.97 Å². The number of aromatic nitrogens is 1. The monoisotopic (exact) mass is 512 g/mol. The van der Waals surface area contributed by atoms with E-state index in [1.807, 2.05) is 70.2 Å². The highest BCUT2D eigenvalue weighted by Crippen LogP contribution is 2.46. The predicted molar refractivity (Wildman–Crippen MR) is 147 cm³/mol. The standard InChI is InChI=1S/C31H32N2O5/c1-6-36-30(35)28(38-31(3,4)5)24-17(2)23(29(32)34)19-9-7-8-10-20(19)26(24)21-11-12-22-25-18(14-16-37-22)13-15-33-27(21)25/h7-13,15,28H,6,14,16H2,1-5H3,(H2,32,34). The van der Waals surface area contributed by atoms with E-state index in [1.165, 1.54) is 0 Å². The number of carbonyl (C=O) groups is 2. The SMILES string of the molecule is CCOC(=O)C(OC(C)(C)C)c1c(C)c(C(N)=O)c2ccccc2c1-c1ccc2c3c(ccnc13)CCO2. The van der Waals surface area contributed by atoms with Crippen molar-refractivity contribution in [1.82, 2.24) is 4.98 Å². The smallest absolute Gasteiger partial charge is 0.339 e. The molecule has 0 radical (unpaired) electrons. The molecule has 1 amide bonds. The highest BCUT2D eigenvalue weighted by molar-refractivity contribution is 6.16. The van der Waals surface area contributed by atoms with Crippen LogP contribution < -0.4 is 10.5 Å². The van der Waals surface area contributed by atoms with Crippen molar-refractivity contribution in [2.24, 2.45) is 5.73 Å². The first-order valence-electron chi connectivity index (χ1n) is 12.9. The largest absolute Gasteiger partial charge is 0.493 e. The molecule has 3 aromatic carbocycles. The molecule has 0 spiro atoms.